The molecule has 0 heterocycles. The van der Waals surface area contributed by atoms with Crippen LogP contribution in [0.1, 0.15) is 38.2 Å². The molecular weight excluding hydrogens is 210 g/mol. The number of aryl methyl sites for hydroxylation is 1. The molecule has 1 aliphatic rings. The van der Waals surface area contributed by atoms with Crippen LogP contribution in [-0.4, -0.2) is 13.2 Å². The largest absolute Gasteiger partial charge is 0.495 e. The van der Waals surface area contributed by atoms with E-state index in [1.165, 1.54) is 31.2 Å². The van der Waals surface area contributed by atoms with Gasteiger partial charge in [0.15, 0.2) is 0 Å². The summed E-state index contributed by atoms with van der Waals surface area (Å²) in [6.07, 6.45) is 5.27. The summed E-state index contributed by atoms with van der Waals surface area (Å²) >= 11 is 0. The average molecular weight is 233 g/mol. The van der Waals surface area contributed by atoms with Crippen molar-refractivity contribution in [1.82, 2.24) is 0 Å². The summed E-state index contributed by atoms with van der Waals surface area (Å²) in [6.45, 7) is 4.44. The molecular formula is C15H23NO. The van der Waals surface area contributed by atoms with Gasteiger partial charge in [0.05, 0.1) is 12.8 Å². The first-order chi connectivity index (χ1) is 8.19. The number of hydrogen-bond acceptors (Lipinski definition) is 2. The molecule has 2 unspecified atom stereocenters. The Hall–Kier alpha value is -1.18. The third-order valence-electron chi connectivity index (χ3n) is 3.65. The van der Waals surface area contributed by atoms with Gasteiger partial charge in [-0.15, -0.1) is 0 Å². The van der Waals surface area contributed by atoms with Crippen molar-refractivity contribution in [1.29, 1.82) is 0 Å². The lowest BCUT2D eigenvalue weighted by Gasteiger charge is -2.28. The molecule has 0 spiro atoms. The fraction of sp³-hybridized carbons (Fsp3) is 0.600. The van der Waals surface area contributed by atoms with Crippen molar-refractivity contribution in [2.45, 2.75) is 45.6 Å². The maximum Gasteiger partial charge on any atom is 0.142 e. The van der Waals surface area contributed by atoms with Crippen LogP contribution in [0, 0.1) is 12.8 Å². The van der Waals surface area contributed by atoms with Gasteiger partial charge >= 0.3 is 0 Å². The fourth-order valence-electron chi connectivity index (χ4n) is 2.70. The lowest BCUT2D eigenvalue weighted by atomic mass is 9.87. The molecule has 1 aromatic carbocycles. The van der Waals surface area contributed by atoms with Crippen molar-refractivity contribution in [2.24, 2.45) is 5.92 Å². The predicted octanol–water partition coefficient (Wildman–Crippen LogP) is 3.99. The van der Waals surface area contributed by atoms with Crippen LogP contribution in [0.5, 0.6) is 5.75 Å². The zero-order chi connectivity index (χ0) is 12.3. The Morgan fingerprint density at radius 1 is 1.29 bits per heavy atom. The molecule has 2 heteroatoms. The number of ether oxygens (including phenoxy) is 1. The molecule has 0 radical (unpaired) electrons. The van der Waals surface area contributed by atoms with Gasteiger partial charge in [0.1, 0.15) is 5.75 Å². The molecule has 94 valence electrons. The maximum absolute atomic E-state index is 5.43. The number of benzene rings is 1. The average Bonchev–Trinajstić information content (AvgIpc) is 2.31. The summed E-state index contributed by atoms with van der Waals surface area (Å²) in [5, 5.41) is 3.63. The molecule has 1 fully saturated rings. The van der Waals surface area contributed by atoms with Crippen LogP contribution in [0.4, 0.5) is 5.69 Å². The summed E-state index contributed by atoms with van der Waals surface area (Å²) in [5.74, 6) is 1.81. The lowest BCUT2D eigenvalue weighted by Crippen LogP contribution is -2.26. The second-order valence-corrected chi connectivity index (χ2v) is 5.32. The van der Waals surface area contributed by atoms with E-state index in [4.69, 9.17) is 4.74 Å². The first-order valence-corrected chi connectivity index (χ1v) is 6.60. The number of anilines is 1. The van der Waals surface area contributed by atoms with Gasteiger partial charge in [0.25, 0.3) is 0 Å². The van der Waals surface area contributed by atoms with Gasteiger partial charge in [0.2, 0.25) is 0 Å². The van der Waals surface area contributed by atoms with Crippen LogP contribution in [0.2, 0.25) is 0 Å². The normalized spacial score (nSPS) is 24.4. The molecule has 17 heavy (non-hydrogen) atoms. The molecule has 1 aromatic rings. The predicted molar refractivity (Wildman–Crippen MR) is 72.8 cm³/mol. The molecule has 2 atom stereocenters. The summed E-state index contributed by atoms with van der Waals surface area (Å²) in [6, 6.07) is 6.97. The summed E-state index contributed by atoms with van der Waals surface area (Å²) < 4.78 is 5.43. The Bertz CT molecular complexity index is 375. The molecule has 2 nitrogen and oxygen atoms in total. The first kappa shape index (κ1) is 12.3. The fourth-order valence-corrected chi connectivity index (χ4v) is 2.70. The SMILES string of the molecule is COc1cc(C)ccc1NC1CCCC(C)C1. The van der Waals surface area contributed by atoms with Gasteiger partial charge in [-0.25, -0.2) is 0 Å². The molecule has 2 rings (SSSR count). The minimum absolute atomic E-state index is 0.607. The Labute approximate surface area is 104 Å². The van der Waals surface area contributed by atoms with Crippen molar-refractivity contribution in [3.8, 4) is 5.75 Å². The zero-order valence-electron chi connectivity index (χ0n) is 11.1. The summed E-state index contributed by atoms with van der Waals surface area (Å²) in [7, 11) is 1.74. The van der Waals surface area contributed by atoms with Crippen LogP contribution in [0.3, 0.4) is 0 Å². The first-order valence-electron chi connectivity index (χ1n) is 6.60. The van der Waals surface area contributed by atoms with E-state index in [2.05, 4.69) is 37.4 Å². The van der Waals surface area contributed by atoms with Crippen molar-refractivity contribution in [3.63, 3.8) is 0 Å². The van der Waals surface area contributed by atoms with Gasteiger partial charge in [-0.2, -0.15) is 0 Å². The second-order valence-electron chi connectivity index (χ2n) is 5.32. The van der Waals surface area contributed by atoms with Crippen LogP contribution < -0.4 is 10.1 Å². The van der Waals surface area contributed by atoms with Crippen molar-refractivity contribution in [2.75, 3.05) is 12.4 Å². The quantitative estimate of drug-likeness (QED) is 0.852. The molecule has 0 bridgehead atoms. The smallest absolute Gasteiger partial charge is 0.142 e. The highest BCUT2D eigenvalue weighted by Gasteiger charge is 2.19. The van der Waals surface area contributed by atoms with Crippen LogP contribution in [0.15, 0.2) is 18.2 Å². The third-order valence-corrected chi connectivity index (χ3v) is 3.65. The van der Waals surface area contributed by atoms with Crippen LogP contribution in [-0.2, 0) is 0 Å². The molecule has 0 aromatic heterocycles. The minimum atomic E-state index is 0.607. The standard InChI is InChI=1S/C15H23NO/c1-11-5-4-6-13(9-11)16-14-8-7-12(2)10-15(14)17-3/h7-8,10-11,13,16H,4-6,9H2,1-3H3. The lowest BCUT2D eigenvalue weighted by molar-refractivity contribution is 0.357. The van der Waals surface area contributed by atoms with Gasteiger partial charge in [-0.1, -0.05) is 25.8 Å². The van der Waals surface area contributed by atoms with Crippen molar-refractivity contribution in [3.05, 3.63) is 23.8 Å². The van der Waals surface area contributed by atoms with E-state index < -0.39 is 0 Å². The summed E-state index contributed by atoms with van der Waals surface area (Å²) in [5.41, 5.74) is 2.38. The van der Waals surface area contributed by atoms with Gasteiger partial charge < -0.3 is 10.1 Å². The second kappa shape index (κ2) is 5.44. The Morgan fingerprint density at radius 2 is 2.12 bits per heavy atom. The topological polar surface area (TPSA) is 21.3 Å². The number of hydrogen-bond donors (Lipinski definition) is 1. The molecule has 0 saturated heterocycles. The number of nitrogens with one attached hydrogen (secondary N) is 1. The highest BCUT2D eigenvalue weighted by Crippen LogP contribution is 2.30. The highest BCUT2D eigenvalue weighted by molar-refractivity contribution is 5.58. The van der Waals surface area contributed by atoms with Crippen molar-refractivity contribution >= 4 is 5.69 Å². The molecule has 1 saturated carbocycles. The minimum Gasteiger partial charge on any atom is -0.495 e. The van der Waals surface area contributed by atoms with E-state index in [0.717, 1.165) is 17.4 Å². The zero-order valence-corrected chi connectivity index (χ0v) is 11.1. The van der Waals surface area contributed by atoms with E-state index in [9.17, 15) is 0 Å². The Kier molecular flexibility index (Phi) is 3.93. The number of rotatable bonds is 3. The number of methoxy groups -OCH3 is 1. The van der Waals surface area contributed by atoms with Gasteiger partial charge in [-0.3, -0.25) is 0 Å². The molecule has 0 amide bonds. The van der Waals surface area contributed by atoms with E-state index >= 15 is 0 Å². The van der Waals surface area contributed by atoms with Crippen LogP contribution in [0.25, 0.3) is 0 Å². The monoisotopic (exact) mass is 233 g/mol. The highest BCUT2D eigenvalue weighted by atomic mass is 16.5. The van der Waals surface area contributed by atoms with E-state index in [1.54, 1.807) is 7.11 Å². The maximum atomic E-state index is 5.43. The van der Waals surface area contributed by atoms with Crippen molar-refractivity contribution < 1.29 is 4.74 Å². The van der Waals surface area contributed by atoms with Gasteiger partial charge in [0, 0.05) is 6.04 Å². The van der Waals surface area contributed by atoms with E-state index in [0.29, 0.717) is 6.04 Å². The van der Waals surface area contributed by atoms with Gasteiger partial charge in [-0.05, 0) is 43.4 Å². The van der Waals surface area contributed by atoms with E-state index in [1.807, 2.05) is 0 Å². The Balaban J connectivity index is 2.07. The Morgan fingerprint density at radius 3 is 2.82 bits per heavy atom. The molecule has 1 aliphatic carbocycles. The van der Waals surface area contributed by atoms with Crippen LogP contribution >= 0.6 is 0 Å². The summed E-state index contributed by atoms with van der Waals surface area (Å²) in [4.78, 5) is 0. The molecule has 1 N–H and O–H groups in total. The third kappa shape index (κ3) is 3.15. The molecule has 0 aliphatic heterocycles. The van der Waals surface area contributed by atoms with E-state index in [-0.39, 0.29) is 0 Å².